The van der Waals surface area contributed by atoms with Crippen LogP contribution in [0.3, 0.4) is 0 Å². The van der Waals surface area contributed by atoms with Crippen LogP contribution in [0.25, 0.3) is 11.4 Å². The van der Waals surface area contributed by atoms with Gasteiger partial charge >= 0.3 is 0 Å². The number of carbonyl (C=O) groups excluding carboxylic acids is 2. The number of ketones is 1. The SMILES string of the molecule is CC(=O)c1ccc(OCC(=O)Nc2ccc(-c3nnnn3C3CC3)cc2)cc1. The van der Waals surface area contributed by atoms with Crippen LogP contribution in [0, 0.1) is 0 Å². The number of amides is 1. The summed E-state index contributed by atoms with van der Waals surface area (Å²) in [5.41, 5.74) is 2.16. The topological polar surface area (TPSA) is 99.0 Å². The summed E-state index contributed by atoms with van der Waals surface area (Å²) in [5.74, 6) is 0.977. The van der Waals surface area contributed by atoms with Gasteiger partial charge in [0.05, 0.1) is 6.04 Å². The van der Waals surface area contributed by atoms with Crippen LogP contribution in [-0.4, -0.2) is 38.5 Å². The summed E-state index contributed by atoms with van der Waals surface area (Å²) in [6.45, 7) is 1.38. The molecule has 3 aromatic rings. The molecule has 142 valence electrons. The average molecular weight is 377 g/mol. The number of carbonyl (C=O) groups is 2. The minimum Gasteiger partial charge on any atom is -0.484 e. The molecule has 1 aliphatic rings. The normalized spacial score (nSPS) is 13.2. The van der Waals surface area contributed by atoms with E-state index in [9.17, 15) is 9.59 Å². The number of nitrogens with zero attached hydrogens (tertiary/aromatic N) is 4. The van der Waals surface area contributed by atoms with E-state index in [4.69, 9.17) is 4.74 Å². The monoisotopic (exact) mass is 377 g/mol. The van der Waals surface area contributed by atoms with E-state index < -0.39 is 0 Å². The standard InChI is InChI=1S/C20H19N5O3/c1-13(26)14-4-10-18(11-5-14)28-12-19(27)21-16-6-2-15(3-7-16)20-22-23-24-25(20)17-8-9-17/h2-7,10-11,17H,8-9,12H2,1H3,(H,21,27). The Labute approximate surface area is 161 Å². The third kappa shape index (κ3) is 4.06. The van der Waals surface area contributed by atoms with Gasteiger partial charge < -0.3 is 10.1 Å². The highest BCUT2D eigenvalue weighted by atomic mass is 16.5. The first-order valence-corrected chi connectivity index (χ1v) is 9.02. The first-order valence-electron chi connectivity index (χ1n) is 9.02. The van der Waals surface area contributed by atoms with Gasteiger partial charge in [0.1, 0.15) is 5.75 Å². The maximum absolute atomic E-state index is 12.1. The summed E-state index contributed by atoms with van der Waals surface area (Å²) in [4.78, 5) is 23.4. The van der Waals surface area contributed by atoms with E-state index in [0.717, 1.165) is 24.2 Å². The Hall–Kier alpha value is -3.55. The van der Waals surface area contributed by atoms with Crippen LogP contribution in [0.1, 0.15) is 36.2 Å². The van der Waals surface area contributed by atoms with Gasteiger partial charge in [0, 0.05) is 16.8 Å². The summed E-state index contributed by atoms with van der Waals surface area (Å²) >= 11 is 0. The molecule has 28 heavy (non-hydrogen) atoms. The predicted molar refractivity (Wildman–Crippen MR) is 102 cm³/mol. The van der Waals surface area contributed by atoms with E-state index in [1.807, 2.05) is 16.8 Å². The van der Waals surface area contributed by atoms with Gasteiger partial charge in [0.15, 0.2) is 18.2 Å². The largest absolute Gasteiger partial charge is 0.484 e. The summed E-state index contributed by atoms with van der Waals surface area (Å²) < 4.78 is 7.30. The molecule has 0 aliphatic heterocycles. The van der Waals surface area contributed by atoms with Gasteiger partial charge in [0.2, 0.25) is 0 Å². The van der Waals surface area contributed by atoms with Crippen LogP contribution in [0.5, 0.6) is 5.75 Å². The molecule has 0 radical (unpaired) electrons. The maximum Gasteiger partial charge on any atom is 0.262 e. The fourth-order valence-corrected chi connectivity index (χ4v) is 2.78. The highest BCUT2D eigenvalue weighted by Gasteiger charge is 2.28. The number of nitrogens with one attached hydrogen (secondary N) is 1. The second kappa shape index (κ2) is 7.59. The van der Waals surface area contributed by atoms with Gasteiger partial charge in [-0.3, -0.25) is 9.59 Å². The van der Waals surface area contributed by atoms with Gasteiger partial charge in [-0.15, -0.1) is 5.10 Å². The first kappa shape index (κ1) is 17.8. The molecule has 8 heteroatoms. The zero-order chi connectivity index (χ0) is 19.5. The average Bonchev–Trinajstić information content (AvgIpc) is 3.44. The molecule has 0 spiro atoms. The van der Waals surface area contributed by atoms with Crippen molar-refractivity contribution in [3.05, 3.63) is 54.1 Å². The Morgan fingerprint density at radius 2 is 1.82 bits per heavy atom. The number of aromatic nitrogens is 4. The quantitative estimate of drug-likeness (QED) is 0.636. The van der Waals surface area contributed by atoms with E-state index >= 15 is 0 Å². The van der Waals surface area contributed by atoms with Crippen LogP contribution in [-0.2, 0) is 4.79 Å². The third-order valence-electron chi connectivity index (χ3n) is 4.44. The number of tetrazole rings is 1. The molecule has 1 aromatic heterocycles. The van der Waals surface area contributed by atoms with E-state index in [1.54, 1.807) is 36.4 Å². The number of Topliss-reactive ketones (excluding diaryl/α,β-unsaturated/α-hetero) is 1. The minimum atomic E-state index is -0.272. The summed E-state index contributed by atoms with van der Waals surface area (Å²) in [7, 11) is 0. The summed E-state index contributed by atoms with van der Waals surface area (Å²) in [5, 5.41) is 14.7. The number of rotatable bonds is 7. The Morgan fingerprint density at radius 1 is 1.11 bits per heavy atom. The van der Waals surface area contributed by atoms with E-state index in [1.165, 1.54) is 6.92 Å². The lowest BCUT2D eigenvalue weighted by molar-refractivity contribution is -0.118. The molecule has 8 nitrogen and oxygen atoms in total. The number of benzene rings is 2. The molecule has 1 saturated carbocycles. The molecular formula is C20H19N5O3. The van der Waals surface area contributed by atoms with E-state index in [-0.39, 0.29) is 18.3 Å². The minimum absolute atomic E-state index is 0.0149. The van der Waals surface area contributed by atoms with Crippen molar-refractivity contribution in [2.24, 2.45) is 0 Å². The van der Waals surface area contributed by atoms with Crippen LogP contribution in [0.15, 0.2) is 48.5 Å². The number of ether oxygens (including phenoxy) is 1. The second-order valence-corrected chi connectivity index (χ2v) is 6.67. The second-order valence-electron chi connectivity index (χ2n) is 6.67. The molecule has 0 saturated heterocycles. The van der Waals surface area contributed by atoms with Crippen LogP contribution in [0.2, 0.25) is 0 Å². The lowest BCUT2D eigenvalue weighted by Gasteiger charge is -2.09. The molecule has 2 aromatic carbocycles. The van der Waals surface area contributed by atoms with Crippen molar-refractivity contribution in [1.29, 1.82) is 0 Å². The van der Waals surface area contributed by atoms with Crippen molar-refractivity contribution in [3.8, 4) is 17.1 Å². The number of anilines is 1. The van der Waals surface area contributed by atoms with Crippen molar-refractivity contribution in [2.75, 3.05) is 11.9 Å². The molecule has 1 heterocycles. The van der Waals surface area contributed by atoms with Gasteiger partial charge in [-0.1, -0.05) is 0 Å². The molecule has 1 aliphatic carbocycles. The smallest absolute Gasteiger partial charge is 0.262 e. The molecular weight excluding hydrogens is 358 g/mol. The fraction of sp³-hybridized carbons (Fsp3) is 0.250. The lowest BCUT2D eigenvalue weighted by atomic mass is 10.1. The number of hydrogen-bond acceptors (Lipinski definition) is 6. The molecule has 0 unspecified atom stereocenters. The van der Waals surface area contributed by atoms with Crippen molar-refractivity contribution >= 4 is 17.4 Å². The van der Waals surface area contributed by atoms with Crippen molar-refractivity contribution in [1.82, 2.24) is 20.2 Å². The first-order chi connectivity index (χ1) is 13.6. The molecule has 0 bridgehead atoms. The van der Waals surface area contributed by atoms with Gasteiger partial charge in [-0.2, -0.15) is 0 Å². The fourth-order valence-electron chi connectivity index (χ4n) is 2.78. The third-order valence-corrected chi connectivity index (χ3v) is 4.44. The number of hydrogen-bond donors (Lipinski definition) is 1. The Bertz CT molecular complexity index is 991. The Kier molecular flexibility index (Phi) is 4.84. The van der Waals surface area contributed by atoms with Gasteiger partial charge in [0.25, 0.3) is 5.91 Å². The molecule has 4 rings (SSSR count). The van der Waals surface area contributed by atoms with Crippen molar-refractivity contribution in [2.45, 2.75) is 25.8 Å². The summed E-state index contributed by atoms with van der Waals surface area (Å²) in [6, 6.07) is 14.4. The predicted octanol–water partition coefficient (Wildman–Crippen LogP) is 2.90. The zero-order valence-corrected chi connectivity index (χ0v) is 15.3. The zero-order valence-electron chi connectivity index (χ0n) is 15.3. The van der Waals surface area contributed by atoms with Gasteiger partial charge in [-0.25, -0.2) is 4.68 Å². The van der Waals surface area contributed by atoms with E-state index in [0.29, 0.717) is 23.0 Å². The van der Waals surface area contributed by atoms with Crippen LogP contribution >= 0.6 is 0 Å². The van der Waals surface area contributed by atoms with Crippen LogP contribution < -0.4 is 10.1 Å². The van der Waals surface area contributed by atoms with Crippen molar-refractivity contribution in [3.63, 3.8) is 0 Å². The highest BCUT2D eigenvalue weighted by molar-refractivity contribution is 5.94. The lowest BCUT2D eigenvalue weighted by Crippen LogP contribution is -2.20. The Balaban J connectivity index is 1.33. The van der Waals surface area contributed by atoms with Crippen molar-refractivity contribution < 1.29 is 14.3 Å². The highest BCUT2D eigenvalue weighted by Crippen LogP contribution is 2.36. The maximum atomic E-state index is 12.1. The van der Waals surface area contributed by atoms with Gasteiger partial charge in [-0.05, 0) is 78.7 Å². The summed E-state index contributed by atoms with van der Waals surface area (Å²) in [6.07, 6.45) is 2.20. The van der Waals surface area contributed by atoms with E-state index in [2.05, 4.69) is 20.8 Å². The molecule has 1 N–H and O–H groups in total. The molecule has 0 atom stereocenters. The Morgan fingerprint density at radius 3 is 2.46 bits per heavy atom. The molecule has 1 amide bonds. The molecule has 1 fully saturated rings. The van der Waals surface area contributed by atoms with Crippen LogP contribution in [0.4, 0.5) is 5.69 Å².